The maximum atomic E-state index is 16.3. The number of nitrogens with zero attached hydrogens (tertiary/aromatic N) is 1. The lowest BCUT2D eigenvalue weighted by Gasteiger charge is -2.22. The molecule has 5 nitrogen and oxygen atoms in total. The number of hydrogen-bond acceptors (Lipinski definition) is 4. The number of imide groups is 1. The second-order valence-electron chi connectivity index (χ2n) is 6.07. The lowest BCUT2D eigenvalue weighted by atomic mass is 9.88. The first-order valence-corrected chi connectivity index (χ1v) is 8.69. The molecule has 2 amide bonds. The van der Waals surface area contributed by atoms with Gasteiger partial charge < -0.3 is 9.47 Å². The summed E-state index contributed by atoms with van der Waals surface area (Å²) in [7, 11) is 1.23. The normalized spacial score (nSPS) is 18.6. The van der Waals surface area contributed by atoms with Crippen LogP contribution in [0.4, 0.5) is 28.0 Å². The van der Waals surface area contributed by atoms with Gasteiger partial charge in [0.25, 0.3) is 5.91 Å². The van der Waals surface area contributed by atoms with Gasteiger partial charge in [-0.2, -0.15) is 13.2 Å². The van der Waals surface area contributed by atoms with Gasteiger partial charge in [0.05, 0.1) is 25.0 Å². The Morgan fingerprint density at radius 1 is 1.17 bits per heavy atom. The minimum absolute atomic E-state index is 0.0636. The van der Waals surface area contributed by atoms with Crippen molar-refractivity contribution in [1.29, 1.82) is 0 Å². The van der Waals surface area contributed by atoms with Crippen LogP contribution in [-0.2, 0) is 21.4 Å². The van der Waals surface area contributed by atoms with Crippen LogP contribution in [0, 0.1) is 0 Å². The van der Waals surface area contributed by atoms with Gasteiger partial charge in [0.1, 0.15) is 5.75 Å². The van der Waals surface area contributed by atoms with E-state index in [1.165, 1.54) is 26.2 Å². The van der Waals surface area contributed by atoms with Crippen molar-refractivity contribution in [3.8, 4) is 5.75 Å². The van der Waals surface area contributed by atoms with Crippen LogP contribution < -0.4 is 9.64 Å². The Hall–Kier alpha value is -2.81. The predicted molar refractivity (Wildman–Crippen MR) is 95.8 cm³/mol. The van der Waals surface area contributed by atoms with Gasteiger partial charge in [-0.05, 0) is 37.3 Å². The smallest absolute Gasteiger partial charge is 0.421 e. The van der Waals surface area contributed by atoms with Crippen LogP contribution in [-0.4, -0.2) is 25.7 Å². The molecule has 1 aliphatic heterocycles. The molecule has 0 aliphatic carbocycles. The number of benzene rings is 2. The molecule has 1 unspecified atom stereocenters. The summed E-state index contributed by atoms with van der Waals surface area (Å²) in [5.41, 5.74) is -5.52. The molecule has 0 bridgehead atoms. The second kappa shape index (κ2) is 7.22. The lowest BCUT2D eigenvalue weighted by Crippen LogP contribution is -2.42. The molecule has 1 aliphatic rings. The van der Waals surface area contributed by atoms with E-state index < -0.39 is 40.7 Å². The average molecular weight is 432 g/mol. The molecule has 29 heavy (non-hydrogen) atoms. The second-order valence-corrected chi connectivity index (χ2v) is 6.51. The molecule has 0 N–H and O–H groups in total. The van der Waals surface area contributed by atoms with E-state index in [0.717, 1.165) is 12.1 Å². The highest BCUT2D eigenvalue weighted by Crippen LogP contribution is 2.51. The summed E-state index contributed by atoms with van der Waals surface area (Å²) in [5.74, 6) is -1.49. The van der Waals surface area contributed by atoms with Gasteiger partial charge in [-0.1, -0.05) is 17.7 Å². The number of anilines is 1. The summed E-state index contributed by atoms with van der Waals surface area (Å²) in [6.45, 7) is 1.27. The van der Waals surface area contributed by atoms with E-state index in [1.807, 2.05) is 0 Å². The van der Waals surface area contributed by atoms with E-state index in [-0.39, 0.29) is 27.8 Å². The fraction of sp³-hybridized carbons (Fsp3) is 0.263. The minimum atomic E-state index is -4.77. The molecule has 1 heterocycles. The van der Waals surface area contributed by atoms with E-state index in [1.54, 1.807) is 0 Å². The number of amides is 2. The Morgan fingerprint density at radius 3 is 2.45 bits per heavy atom. The minimum Gasteiger partial charge on any atom is -0.496 e. The fourth-order valence-corrected chi connectivity index (χ4v) is 3.31. The van der Waals surface area contributed by atoms with Gasteiger partial charge >= 0.3 is 12.3 Å². The highest BCUT2D eigenvalue weighted by atomic mass is 35.5. The molecule has 3 rings (SSSR count). The molecular weight excluding hydrogens is 418 g/mol. The first-order chi connectivity index (χ1) is 13.6. The van der Waals surface area contributed by atoms with Gasteiger partial charge in [-0.25, -0.2) is 14.1 Å². The van der Waals surface area contributed by atoms with E-state index in [9.17, 15) is 22.8 Å². The standard InChI is InChI=1S/C19H14ClF4NO4/c1-3-29-17(27)25-14-8-10(19(22,23)24)4-6-12(14)18(21,16(25)26)13-9-11(20)5-7-15(13)28-2/h4-9H,3H2,1-2H3. The van der Waals surface area contributed by atoms with Crippen LogP contribution in [0.15, 0.2) is 36.4 Å². The Kier molecular flexibility index (Phi) is 5.20. The molecule has 0 aromatic heterocycles. The van der Waals surface area contributed by atoms with E-state index in [0.29, 0.717) is 12.1 Å². The Bertz CT molecular complexity index is 995. The zero-order valence-corrected chi connectivity index (χ0v) is 15.9. The van der Waals surface area contributed by atoms with Gasteiger partial charge in [0.2, 0.25) is 5.67 Å². The Balaban J connectivity index is 2.31. The number of halogens is 5. The van der Waals surface area contributed by atoms with Crippen molar-refractivity contribution in [1.82, 2.24) is 0 Å². The summed E-state index contributed by atoms with van der Waals surface area (Å²) in [4.78, 5) is 25.6. The first kappa shape index (κ1) is 20.9. The van der Waals surface area contributed by atoms with Gasteiger partial charge in [-0.3, -0.25) is 4.79 Å². The van der Waals surface area contributed by atoms with Crippen LogP contribution in [0.3, 0.4) is 0 Å². The summed E-state index contributed by atoms with van der Waals surface area (Å²) < 4.78 is 65.7. The van der Waals surface area contributed by atoms with E-state index in [2.05, 4.69) is 0 Å². The van der Waals surface area contributed by atoms with Crippen LogP contribution in [0.2, 0.25) is 5.02 Å². The van der Waals surface area contributed by atoms with Crippen molar-refractivity contribution in [3.05, 3.63) is 58.1 Å². The number of fused-ring (bicyclic) bond motifs is 1. The molecule has 0 saturated heterocycles. The third kappa shape index (κ3) is 3.29. The average Bonchev–Trinajstić information content (AvgIpc) is 2.89. The van der Waals surface area contributed by atoms with Crippen molar-refractivity contribution in [2.24, 2.45) is 0 Å². The first-order valence-electron chi connectivity index (χ1n) is 8.31. The number of carbonyl (C=O) groups excluding carboxylic acids is 2. The van der Waals surface area contributed by atoms with Crippen LogP contribution >= 0.6 is 11.6 Å². The summed E-state index contributed by atoms with van der Waals surface area (Å²) >= 11 is 5.94. The highest BCUT2D eigenvalue weighted by Gasteiger charge is 2.57. The number of carbonyl (C=O) groups is 2. The van der Waals surface area contributed by atoms with Crippen molar-refractivity contribution >= 4 is 29.3 Å². The number of ether oxygens (including phenoxy) is 2. The number of rotatable bonds is 3. The Morgan fingerprint density at radius 2 is 1.86 bits per heavy atom. The van der Waals surface area contributed by atoms with Gasteiger partial charge in [0, 0.05) is 16.1 Å². The molecule has 2 aromatic carbocycles. The number of hydrogen-bond donors (Lipinski definition) is 0. The summed E-state index contributed by atoms with van der Waals surface area (Å²) in [6, 6.07) is 5.80. The molecular formula is C19H14ClF4NO4. The highest BCUT2D eigenvalue weighted by molar-refractivity contribution is 6.31. The third-order valence-electron chi connectivity index (χ3n) is 4.42. The molecule has 0 radical (unpaired) electrons. The maximum absolute atomic E-state index is 16.3. The molecule has 0 saturated carbocycles. The predicted octanol–water partition coefficient (Wildman–Crippen LogP) is 5.08. The van der Waals surface area contributed by atoms with Crippen molar-refractivity contribution in [2.45, 2.75) is 18.8 Å². The van der Waals surface area contributed by atoms with Crippen LogP contribution in [0.5, 0.6) is 5.75 Å². The lowest BCUT2D eigenvalue weighted by molar-refractivity contribution is -0.137. The number of alkyl halides is 4. The molecule has 2 aromatic rings. The maximum Gasteiger partial charge on any atom is 0.421 e. The largest absolute Gasteiger partial charge is 0.496 e. The molecule has 10 heteroatoms. The van der Waals surface area contributed by atoms with Crippen molar-refractivity contribution in [2.75, 3.05) is 18.6 Å². The van der Waals surface area contributed by atoms with Crippen molar-refractivity contribution in [3.63, 3.8) is 0 Å². The quantitative estimate of drug-likeness (QED) is 0.636. The number of methoxy groups -OCH3 is 1. The Labute approximate surface area is 167 Å². The molecule has 154 valence electrons. The van der Waals surface area contributed by atoms with E-state index >= 15 is 4.39 Å². The van der Waals surface area contributed by atoms with Gasteiger partial charge in [-0.15, -0.1) is 0 Å². The van der Waals surface area contributed by atoms with Crippen LogP contribution in [0.1, 0.15) is 23.6 Å². The zero-order valence-electron chi connectivity index (χ0n) is 15.1. The summed E-state index contributed by atoms with van der Waals surface area (Å²) in [5, 5.41) is 0.0636. The zero-order chi connectivity index (χ0) is 21.6. The van der Waals surface area contributed by atoms with Crippen molar-refractivity contribution < 1.29 is 36.6 Å². The van der Waals surface area contributed by atoms with E-state index in [4.69, 9.17) is 21.1 Å². The molecule has 0 spiro atoms. The third-order valence-corrected chi connectivity index (χ3v) is 4.65. The molecule has 0 fully saturated rings. The van der Waals surface area contributed by atoms with Crippen LogP contribution in [0.25, 0.3) is 0 Å². The monoisotopic (exact) mass is 431 g/mol. The molecule has 1 atom stereocenters. The SMILES string of the molecule is CCOC(=O)N1C(=O)C(F)(c2cc(Cl)ccc2OC)c2ccc(C(F)(F)F)cc21. The fourth-order valence-electron chi connectivity index (χ4n) is 3.14. The summed E-state index contributed by atoms with van der Waals surface area (Å²) in [6.07, 6.45) is -6.06. The topological polar surface area (TPSA) is 55.8 Å². The van der Waals surface area contributed by atoms with Gasteiger partial charge in [0.15, 0.2) is 0 Å².